The number of rotatable bonds is 5. The molecule has 4 heteroatoms. The van der Waals surface area contributed by atoms with E-state index in [1.807, 2.05) is 0 Å². The van der Waals surface area contributed by atoms with Crippen LogP contribution in [-0.2, 0) is 4.79 Å². The van der Waals surface area contributed by atoms with Gasteiger partial charge in [-0.05, 0) is 56.5 Å². The number of amides is 1. The Labute approximate surface area is 111 Å². The Morgan fingerprint density at radius 2 is 2.00 bits per heavy atom. The molecule has 2 N–H and O–H groups in total. The minimum atomic E-state index is 0. The Kier molecular flexibility index (Phi) is 5.74. The van der Waals surface area contributed by atoms with Crippen LogP contribution in [0.5, 0.6) is 0 Å². The summed E-state index contributed by atoms with van der Waals surface area (Å²) in [6, 6.07) is 0. The van der Waals surface area contributed by atoms with Gasteiger partial charge in [0.2, 0.25) is 5.91 Å². The number of halogens is 1. The van der Waals surface area contributed by atoms with Crippen LogP contribution < -0.4 is 10.6 Å². The first-order chi connectivity index (χ1) is 7.68. The molecule has 1 aliphatic carbocycles. The molecule has 100 valence electrons. The Bertz CT molecular complexity index is 248. The number of nitrogens with one attached hydrogen (secondary N) is 2. The number of hydrogen-bond acceptors (Lipinski definition) is 2. The molecule has 0 spiro atoms. The van der Waals surface area contributed by atoms with Crippen molar-refractivity contribution >= 4 is 18.3 Å². The monoisotopic (exact) mass is 260 g/mol. The first kappa shape index (κ1) is 14.8. The SMILES string of the molecule is CC1(CNC(=O)CCC2CCNCC2)CC1.Cl. The van der Waals surface area contributed by atoms with Crippen molar-refractivity contribution in [1.29, 1.82) is 0 Å². The van der Waals surface area contributed by atoms with Gasteiger partial charge in [-0.1, -0.05) is 6.92 Å². The van der Waals surface area contributed by atoms with Gasteiger partial charge >= 0.3 is 0 Å². The molecule has 0 radical (unpaired) electrons. The lowest BCUT2D eigenvalue weighted by atomic mass is 9.93. The maximum absolute atomic E-state index is 11.6. The molecule has 2 rings (SSSR count). The second kappa shape index (κ2) is 6.60. The van der Waals surface area contributed by atoms with E-state index < -0.39 is 0 Å². The lowest BCUT2D eigenvalue weighted by Gasteiger charge is -2.22. The van der Waals surface area contributed by atoms with Crippen molar-refractivity contribution < 1.29 is 4.79 Å². The summed E-state index contributed by atoms with van der Waals surface area (Å²) in [6.07, 6.45) is 6.84. The second-order valence-corrected chi connectivity index (χ2v) is 5.82. The summed E-state index contributed by atoms with van der Waals surface area (Å²) < 4.78 is 0. The zero-order valence-corrected chi connectivity index (χ0v) is 11.6. The zero-order valence-electron chi connectivity index (χ0n) is 10.8. The van der Waals surface area contributed by atoms with Crippen LogP contribution in [0.15, 0.2) is 0 Å². The highest BCUT2D eigenvalue weighted by Gasteiger charge is 2.37. The largest absolute Gasteiger partial charge is 0.356 e. The maximum Gasteiger partial charge on any atom is 0.220 e. The average molecular weight is 261 g/mol. The van der Waals surface area contributed by atoms with Crippen molar-refractivity contribution in [2.24, 2.45) is 11.3 Å². The third-order valence-electron chi connectivity index (χ3n) is 4.05. The van der Waals surface area contributed by atoms with E-state index >= 15 is 0 Å². The molecule has 17 heavy (non-hydrogen) atoms. The van der Waals surface area contributed by atoms with E-state index in [-0.39, 0.29) is 18.3 Å². The smallest absolute Gasteiger partial charge is 0.220 e. The van der Waals surface area contributed by atoms with Crippen LogP contribution in [0.25, 0.3) is 0 Å². The van der Waals surface area contributed by atoms with Crippen LogP contribution in [0.1, 0.15) is 45.4 Å². The van der Waals surface area contributed by atoms with Gasteiger partial charge in [0, 0.05) is 13.0 Å². The topological polar surface area (TPSA) is 41.1 Å². The van der Waals surface area contributed by atoms with Crippen molar-refractivity contribution in [1.82, 2.24) is 10.6 Å². The van der Waals surface area contributed by atoms with Gasteiger partial charge in [0.05, 0.1) is 0 Å². The maximum atomic E-state index is 11.6. The summed E-state index contributed by atoms with van der Waals surface area (Å²) in [6.45, 7) is 5.40. The summed E-state index contributed by atoms with van der Waals surface area (Å²) in [5.74, 6) is 1.02. The van der Waals surface area contributed by atoms with Crippen LogP contribution >= 0.6 is 12.4 Å². The number of carbonyl (C=O) groups excluding carboxylic acids is 1. The standard InChI is InChI=1S/C13H24N2O.ClH/c1-13(6-7-13)10-15-12(16)3-2-11-4-8-14-9-5-11;/h11,14H,2-10H2,1H3,(H,15,16);1H. The molecule has 2 aliphatic rings. The fourth-order valence-electron chi connectivity index (χ4n) is 2.30. The molecule has 1 saturated heterocycles. The van der Waals surface area contributed by atoms with E-state index in [2.05, 4.69) is 17.6 Å². The van der Waals surface area contributed by atoms with Gasteiger partial charge in [-0.25, -0.2) is 0 Å². The van der Waals surface area contributed by atoms with E-state index in [1.165, 1.54) is 25.7 Å². The summed E-state index contributed by atoms with van der Waals surface area (Å²) in [7, 11) is 0. The summed E-state index contributed by atoms with van der Waals surface area (Å²) in [5, 5.41) is 6.43. The number of carbonyl (C=O) groups is 1. The molecule has 0 aromatic carbocycles. The predicted octanol–water partition coefficient (Wildman–Crippen LogP) is 2.10. The van der Waals surface area contributed by atoms with E-state index in [0.29, 0.717) is 5.41 Å². The lowest BCUT2D eigenvalue weighted by molar-refractivity contribution is -0.121. The van der Waals surface area contributed by atoms with Crippen molar-refractivity contribution in [3.8, 4) is 0 Å². The molecule has 1 heterocycles. The average Bonchev–Trinajstić information content (AvgIpc) is 3.04. The van der Waals surface area contributed by atoms with E-state index in [9.17, 15) is 4.79 Å². The van der Waals surface area contributed by atoms with Gasteiger partial charge in [-0.3, -0.25) is 4.79 Å². The normalized spacial score (nSPS) is 22.6. The Morgan fingerprint density at radius 3 is 2.59 bits per heavy atom. The highest BCUT2D eigenvalue weighted by molar-refractivity contribution is 5.85. The lowest BCUT2D eigenvalue weighted by Crippen LogP contribution is -2.31. The molecule has 1 amide bonds. The fraction of sp³-hybridized carbons (Fsp3) is 0.923. The molecule has 2 fully saturated rings. The predicted molar refractivity (Wildman–Crippen MR) is 72.4 cm³/mol. The summed E-state index contributed by atoms with van der Waals surface area (Å²) in [5.41, 5.74) is 0.435. The minimum absolute atomic E-state index is 0. The van der Waals surface area contributed by atoms with Crippen molar-refractivity contribution in [2.75, 3.05) is 19.6 Å². The third kappa shape index (κ3) is 5.26. The molecule has 0 aromatic heterocycles. The molecule has 0 atom stereocenters. The van der Waals surface area contributed by atoms with Crippen molar-refractivity contribution in [2.45, 2.75) is 45.4 Å². The third-order valence-corrected chi connectivity index (χ3v) is 4.05. The fourth-order valence-corrected chi connectivity index (χ4v) is 2.30. The van der Waals surface area contributed by atoms with Crippen LogP contribution in [0, 0.1) is 11.3 Å². The molecular weight excluding hydrogens is 236 g/mol. The quantitative estimate of drug-likeness (QED) is 0.795. The van der Waals surface area contributed by atoms with Gasteiger partial charge in [-0.2, -0.15) is 0 Å². The summed E-state index contributed by atoms with van der Waals surface area (Å²) in [4.78, 5) is 11.6. The zero-order chi connectivity index (χ0) is 11.4. The van der Waals surface area contributed by atoms with Gasteiger partial charge in [0.25, 0.3) is 0 Å². The van der Waals surface area contributed by atoms with Gasteiger partial charge in [0.1, 0.15) is 0 Å². The second-order valence-electron chi connectivity index (χ2n) is 5.82. The van der Waals surface area contributed by atoms with Gasteiger partial charge in [0.15, 0.2) is 0 Å². The van der Waals surface area contributed by atoms with Gasteiger partial charge in [-0.15, -0.1) is 12.4 Å². The molecule has 0 aromatic rings. The highest BCUT2D eigenvalue weighted by atomic mass is 35.5. The summed E-state index contributed by atoms with van der Waals surface area (Å²) >= 11 is 0. The number of hydrogen-bond donors (Lipinski definition) is 2. The first-order valence-electron chi connectivity index (χ1n) is 6.65. The molecule has 0 unspecified atom stereocenters. The molecule has 1 saturated carbocycles. The Morgan fingerprint density at radius 1 is 1.35 bits per heavy atom. The Balaban J connectivity index is 0.00000144. The minimum Gasteiger partial charge on any atom is -0.356 e. The highest BCUT2D eigenvalue weighted by Crippen LogP contribution is 2.44. The number of piperidine rings is 1. The van der Waals surface area contributed by atoms with E-state index in [4.69, 9.17) is 0 Å². The molecule has 0 bridgehead atoms. The van der Waals surface area contributed by atoms with Gasteiger partial charge < -0.3 is 10.6 Å². The first-order valence-corrected chi connectivity index (χ1v) is 6.65. The van der Waals surface area contributed by atoms with Crippen molar-refractivity contribution in [3.05, 3.63) is 0 Å². The molecular formula is C13H25ClN2O. The molecule has 1 aliphatic heterocycles. The van der Waals surface area contributed by atoms with Crippen LogP contribution in [-0.4, -0.2) is 25.5 Å². The van der Waals surface area contributed by atoms with E-state index in [1.54, 1.807) is 0 Å². The Hall–Kier alpha value is -0.280. The molecule has 3 nitrogen and oxygen atoms in total. The van der Waals surface area contributed by atoms with E-state index in [0.717, 1.165) is 38.4 Å². The van der Waals surface area contributed by atoms with Crippen LogP contribution in [0.4, 0.5) is 0 Å². The van der Waals surface area contributed by atoms with Crippen molar-refractivity contribution in [3.63, 3.8) is 0 Å². The van der Waals surface area contributed by atoms with Crippen LogP contribution in [0.3, 0.4) is 0 Å². The van der Waals surface area contributed by atoms with Crippen LogP contribution in [0.2, 0.25) is 0 Å².